The number of aromatic nitrogens is 2. The number of H-pyrrole nitrogens is 1. The summed E-state index contributed by atoms with van der Waals surface area (Å²) in [7, 11) is 1.60. The zero-order valence-electron chi connectivity index (χ0n) is 18.5. The summed E-state index contributed by atoms with van der Waals surface area (Å²) in [5.41, 5.74) is 5.32. The Kier molecular flexibility index (Phi) is 7.10. The van der Waals surface area contributed by atoms with Crippen molar-refractivity contribution in [2.24, 2.45) is 0 Å². The van der Waals surface area contributed by atoms with Gasteiger partial charge in [-0.2, -0.15) is 0 Å². The maximum atomic E-state index is 12.9. The summed E-state index contributed by atoms with van der Waals surface area (Å²) in [5, 5.41) is 3.17. The highest BCUT2D eigenvalue weighted by atomic mass is 32.2. The number of ether oxygens (including phenoxy) is 1. The summed E-state index contributed by atoms with van der Waals surface area (Å²) < 4.78 is 5.41. The third-order valence-electron chi connectivity index (χ3n) is 5.39. The van der Waals surface area contributed by atoms with Crippen molar-refractivity contribution in [1.29, 1.82) is 0 Å². The summed E-state index contributed by atoms with van der Waals surface area (Å²) in [6, 6.07) is 21.0. The molecule has 33 heavy (non-hydrogen) atoms. The molecule has 3 aromatic carbocycles. The number of amides is 1. The third kappa shape index (κ3) is 5.43. The van der Waals surface area contributed by atoms with Gasteiger partial charge in [0.25, 0.3) is 0 Å². The molecule has 1 atom stereocenters. The quantitative estimate of drug-likeness (QED) is 0.347. The summed E-state index contributed by atoms with van der Waals surface area (Å²) in [6.07, 6.45) is 1.66. The zero-order chi connectivity index (χ0) is 23.2. The molecule has 7 heteroatoms. The first-order valence-electron chi connectivity index (χ1n) is 10.6. The van der Waals surface area contributed by atoms with Crippen molar-refractivity contribution in [3.8, 4) is 5.75 Å². The molecule has 0 aliphatic heterocycles. The number of benzene rings is 3. The molecule has 0 aliphatic carbocycles. The van der Waals surface area contributed by atoms with Crippen LogP contribution in [0.5, 0.6) is 5.75 Å². The Morgan fingerprint density at radius 2 is 1.88 bits per heavy atom. The van der Waals surface area contributed by atoms with Crippen molar-refractivity contribution >= 4 is 34.5 Å². The van der Waals surface area contributed by atoms with Gasteiger partial charge >= 0.3 is 0 Å². The van der Waals surface area contributed by atoms with Gasteiger partial charge in [0.05, 0.1) is 36.3 Å². The largest absolute Gasteiger partial charge is 0.496 e. The van der Waals surface area contributed by atoms with Gasteiger partial charge in [-0.1, -0.05) is 36.4 Å². The summed E-state index contributed by atoms with van der Waals surface area (Å²) in [5.74, 6) is 1.49. The first-order chi connectivity index (χ1) is 16.0. The normalized spacial score (nSPS) is 11.8. The molecule has 0 fully saturated rings. The van der Waals surface area contributed by atoms with Gasteiger partial charge < -0.3 is 15.0 Å². The number of carbonyl (C=O) groups is 2. The van der Waals surface area contributed by atoms with Gasteiger partial charge in [0.2, 0.25) is 5.91 Å². The number of methoxy groups -OCH3 is 1. The summed E-state index contributed by atoms with van der Waals surface area (Å²) in [6.45, 7) is 1.54. The fourth-order valence-electron chi connectivity index (χ4n) is 3.70. The number of aromatic amines is 1. The maximum Gasteiger partial charge on any atom is 0.230 e. The number of nitrogens with zero attached hydrogens (tertiary/aromatic N) is 1. The molecular weight excluding hydrogens is 434 g/mol. The molecule has 0 saturated heterocycles. The molecule has 168 valence electrons. The van der Waals surface area contributed by atoms with E-state index in [0.717, 1.165) is 27.7 Å². The lowest BCUT2D eigenvalue weighted by atomic mass is 9.98. The van der Waals surface area contributed by atoms with Gasteiger partial charge in [-0.15, -0.1) is 11.8 Å². The van der Waals surface area contributed by atoms with Crippen molar-refractivity contribution in [3.63, 3.8) is 0 Å². The summed E-state index contributed by atoms with van der Waals surface area (Å²) in [4.78, 5) is 32.0. The molecule has 1 aromatic heterocycles. The molecule has 6 nitrogen and oxygen atoms in total. The Bertz CT molecular complexity index is 1270. The number of thioether (sulfide) groups is 1. The second-order valence-electron chi connectivity index (χ2n) is 7.67. The van der Waals surface area contributed by atoms with E-state index in [1.165, 1.54) is 18.7 Å². The smallest absolute Gasteiger partial charge is 0.230 e. The van der Waals surface area contributed by atoms with Gasteiger partial charge in [0, 0.05) is 16.9 Å². The van der Waals surface area contributed by atoms with Crippen LogP contribution in [0, 0.1) is 0 Å². The average molecular weight is 460 g/mol. The average Bonchev–Trinajstić information content (AvgIpc) is 3.31. The molecule has 4 rings (SSSR count). The fraction of sp³-hybridized carbons (Fsp3) is 0.192. The highest BCUT2D eigenvalue weighted by Crippen LogP contribution is 2.27. The number of hydrogen-bond acceptors (Lipinski definition) is 5. The van der Waals surface area contributed by atoms with Crippen LogP contribution in [0.1, 0.15) is 40.0 Å². The number of ketones is 1. The SMILES string of the molecule is COc1ccc(C(C)=O)cc1CSCC(=O)NC(c1ccccc1)c1ccc2nc[nH]c2c1. The standard InChI is InChI=1S/C26H25N3O3S/c1-17(30)19-9-11-24(32-2)21(12-19)14-33-15-25(31)29-26(18-6-4-3-5-7-18)20-8-10-22-23(13-20)28-16-27-22/h3-13,16,26H,14-15H2,1-2H3,(H,27,28)(H,29,31). The Balaban J connectivity index is 1.47. The number of hydrogen-bond donors (Lipinski definition) is 2. The molecule has 0 bridgehead atoms. The van der Waals surface area contributed by atoms with Crippen LogP contribution in [0.3, 0.4) is 0 Å². The Hall–Kier alpha value is -3.58. The predicted molar refractivity (Wildman–Crippen MR) is 132 cm³/mol. The molecule has 2 N–H and O–H groups in total. The van der Waals surface area contributed by atoms with E-state index in [4.69, 9.17) is 4.74 Å². The van der Waals surface area contributed by atoms with Crippen LogP contribution in [-0.4, -0.2) is 34.5 Å². The van der Waals surface area contributed by atoms with Crippen molar-refractivity contribution < 1.29 is 14.3 Å². The minimum atomic E-state index is -0.275. The van der Waals surface area contributed by atoms with E-state index in [2.05, 4.69) is 15.3 Å². The number of nitrogens with one attached hydrogen (secondary N) is 2. The van der Waals surface area contributed by atoms with Gasteiger partial charge in [0.15, 0.2) is 5.78 Å². The lowest BCUT2D eigenvalue weighted by Crippen LogP contribution is -2.30. The number of imidazole rings is 1. The lowest BCUT2D eigenvalue weighted by Gasteiger charge is -2.20. The first kappa shape index (κ1) is 22.6. The van der Waals surface area contributed by atoms with E-state index >= 15 is 0 Å². The third-order valence-corrected chi connectivity index (χ3v) is 6.37. The molecule has 0 spiro atoms. The Labute approximate surface area is 196 Å². The van der Waals surface area contributed by atoms with Crippen LogP contribution in [0.2, 0.25) is 0 Å². The van der Waals surface area contributed by atoms with Crippen LogP contribution in [0.4, 0.5) is 0 Å². The van der Waals surface area contributed by atoms with Crippen LogP contribution >= 0.6 is 11.8 Å². The van der Waals surface area contributed by atoms with Crippen molar-refractivity contribution in [1.82, 2.24) is 15.3 Å². The lowest BCUT2D eigenvalue weighted by molar-refractivity contribution is -0.119. The molecule has 1 amide bonds. The van der Waals surface area contributed by atoms with Gasteiger partial charge in [-0.05, 0) is 48.4 Å². The predicted octanol–water partition coefficient (Wildman–Crippen LogP) is 4.91. The highest BCUT2D eigenvalue weighted by molar-refractivity contribution is 7.99. The number of rotatable bonds is 9. The van der Waals surface area contributed by atoms with E-state index in [1.807, 2.05) is 54.6 Å². The monoisotopic (exact) mass is 459 g/mol. The van der Waals surface area contributed by atoms with Crippen LogP contribution in [0.15, 0.2) is 73.1 Å². The molecule has 4 aromatic rings. The fourth-order valence-corrected chi connectivity index (χ4v) is 4.52. The first-order valence-corrected chi connectivity index (χ1v) is 11.7. The molecule has 0 saturated carbocycles. The second-order valence-corrected chi connectivity index (χ2v) is 8.65. The van der Waals surface area contributed by atoms with Gasteiger partial charge in [0.1, 0.15) is 5.75 Å². The molecule has 1 heterocycles. The van der Waals surface area contributed by atoms with E-state index in [0.29, 0.717) is 17.1 Å². The number of fused-ring (bicyclic) bond motifs is 1. The van der Waals surface area contributed by atoms with E-state index in [1.54, 1.807) is 25.6 Å². The number of Topliss-reactive ketones (excluding diaryl/α,β-unsaturated/α-hetero) is 1. The van der Waals surface area contributed by atoms with E-state index < -0.39 is 0 Å². The zero-order valence-corrected chi connectivity index (χ0v) is 19.3. The van der Waals surface area contributed by atoms with Gasteiger partial charge in [-0.25, -0.2) is 4.98 Å². The Morgan fingerprint density at radius 1 is 1.06 bits per heavy atom. The second kappa shape index (κ2) is 10.4. The Morgan fingerprint density at radius 3 is 2.64 bits per heavy atom. The molecule has 0 radical (unpaired) electrons. The topological polar surface area (TPSA) is 84.1 Å². The minimum absolute atomic E-state index is 0.00147. The molecule has 1 unspecified atom stereocenters. The molecular formula is C26H25N3O3S. The highest BCUT2D eigenvalue weighted by Gasteiger charge is 2.18. The number of carbonyl (C=O) groups excluding carboxylic acids is 2. The van der Waals surface area contributed by atoms with Crippen LogP contribution in [0.25, 0.3) is 11.0 Å². The van der Waals surface area contributed by atoms with Crippen LogP contribution < -0.4 is 10.1 Å². The maximum absolute atomic E-state index is 12.9. The van der Waals surface area contributed by atoms with Crippen molar-refractivity contribution in [3.05, 3.63) is 95.3 Å². The van der Waals surface area contributed by atoms with E-state index in [-0.39, 0.29) is 23.5 Å². The molecule has 0 aliphatic rings. The summed E-state index contributed by atoms with van der Waals surface area (Å²) >= 11 is 1.48. The van der Waals surface area contributed by atoms with Crippen molar-refractivity contribution in [2.75, 3.05) is 12.9 Å². The van der Waals surface area contributed by atoms with Crippen LogP contribution in [-0.2, 0) is 10.5 Å². The van der Waals surface area contributed by atoms with E-state index in [9.17, 15) is 9.59 Å². The minimum Gasteiger partial charge on any atom is -0.496 e. The van der Waals surface area contributed by atoms with Gasteiger partial charge in [-0.3, -0.25) is 9.59 Å². The van der Waals surface area contributed by atoms with Crippen molar-refractivity contribution in [2.45, 2.75) is 18.7 Å².